The molecule has 3 rings (SSSR count). The van der Waals surface area contributed by atoms with E-state index in [9.17, 15) is 4.79 Å². The van der Waals surface area contributed by atoms with E-state index in [1.807, 2.05) is 23.9 Å². The molecule has 1 aliphatic rings. The second-order valence-electron chi connectivity index (χ2n) is 6.96. The van der Waals surface area contributed by atoms with Crippen molar-refractivity contribution in [2.45, 2.75) is 36.8 Å². The zero-order valence-corrected chi connectivity index (χ0v) is 16.4. The molecule has 0 aromatic heterocycles. The van der Waals surface area contributed by atoms with Crippen molar-refractivity contribution in [2.24, 2.45) is 0 Å². The van der Waals surface area contributed by atoms with Crippen LogP contribution in [0.3, 0.4) is 0 Å². The number of likely N-dealkylation sites (tertiary alicyclic amines) is 1. The van der Waals surface area contributed by atoms with E-state index in [4.69, 9.17) is 0 Å². The molecule has 26 heavy (non-hydrogen) atoms. The monoisotopic (exact) mass is 368 g/mol. The molecule has 3 nitrogen and oxygen atoms in total. The number of carbonyl (C=O) groups excluding carboxylic acids is 1. The molecule has 0 bridgehead atoms. The molecule has 2 aromatic rings. The first-order chi connectivity index (χ1) is 12.7. The van der Waals surface area contributed by atoms with Crippen LogP contribution in [0.1, 0.15) is 40.7 Å². The third kappa shape index (κ3) is 5.89. The minimum Gasteiger partial charge on any atom is -0.352 e. The average molecular weight is 369 g/mol. The predicted octanol–water partition coefficient (Wildman–Crippen LogP) is 4.50. The standard InChI is InChI=1S/C22H28N2OS/c1-18-5-11-21(12-6-18)26-17-19-7-9-20(10-8-19)22(25)23-13-4-16-24-14-2-3-15-24/h5-12H,2-4,13-17H2,1H3,(H,23,25). The number of hydrogen-bond acceptors (Lipinski definition) is 3. The summed E-state index contributed by atoms with van der Waals surface area (Å²) in [6.07, 6.45) is 3.67. The molecule has 1 N–H and O–H groups in total. The predicted molar refractivity (Wildman–Crippen MR) is 110 cm³/mol. The first-order valence-corrected chi connectivity index (χ1v) is 10.5. The molecular formula is C22H28N2OS. The molecule has 4 heteroatoms. The van der Waals surface area contributed by atoms with Crippen molar-refractivity contribution < 1.29 is 4.79 Å². The Kier molecular flexibility index (Phi) is 7.15. The van der Waals surface area contributed by atoms with E-state index in [1.54, 1.807) is 0 Å². The Bertz CT molecular complexity index is 691. The maximum absolute atomic E-state index is 12.2. The van der Waals surface area contributed by atoms with Gasteiger partial charge in [-0.15, -0.1) is 11.8 Å². The first kappa shape index (κ1) is 19.0. The highest BCUT2D eigenvalue weighted by Gasteiger charge is 2.11. The zero-order chi connectivity index (χ0) is 18.2. The molecule has 1 amide bonds. The molecular weight excluding hydrogens is 340 g/mol. The number of benzene rings is 2. The fourth-order valence-corrected chi connectivity index (χ4v) is 4.02. The van der Waals surface area contributed by atoms with Crippen LogP contribution in [0.2, 0.25) is 0 Å². The van der Waals surface area contributed by atoms with Crippen LogP contribution in [0.15, 0.2) is 53.4 Å². The van der Waals surface area contributed by atoms with Crippen LogP contribution < -0.4 is 5.32 Å². The summed E-state index contributed by atoms with van der Waals surface area (Å²) in [7, 11) is 0. The third-order valence-corrected chi connectivity index (χ3v) is 5.86. The molecule has 138 valence electrons. The molecule has 0 spiro atoms. The van der Waals surface area contributed by atoms with Gasteiger partial charge in [0.15, 0.2) is 0 Å². The smallest absolute Gasteiger partial charge is 0.251 e. The summed E-state index contributed by atoms with van der Waals surface area (Å²) in [5, 5.41) is 3.03. The first-order valence-electron chi connectivity index (χ1n) is 9.50. The van der Waals surface area contributed by atoms with Gasteiger partial charge >= 0.3 is 0 Å². The minimum absolute atomic E-state index is 0.0316. The van der Waals surface area contributed by atoms with Gasteiger partial charge < -0.3 is 10.2 Å². The largest absolute Gasteiger partial charge is 0.352 e. The molecule has 1 saturated heterocycles. The zero-order valence-electron chi connectivity index (χ0n) is 15.5. The molecule has 1 aliphatic heterocycles. The van der Waals surface area contributed by atoms with Crippen molar-refractivity contribution in [3.05, 3.63) is 65.2 Å². The summed E-state index contributed by atoms with van der Waals surface area (Å²) in [6, 6.07) is 16.6. The number of thioether (sulfide) groups is 1. The molecule has 0 unspecified atom stereocenters. The molecule has 0 atom stereocenters. The van der Waals surface area contributed by atoms with Gasteiger partial charge in [-0.05, 0) is 75.6 Å². The van der Waals surface area contributed by atoms with Gasteiger partial charge in [0.05, 0.1) is 0 Å². The van der Waals surface area contributed by atoms with E-state index in [0.29, 0.717) is 0 Å². The second kappa shape index (κ2) is 9.79. The van der Waals surface area contributed by atoms with E-state index < -0.39 is 0 Å². The van der Waals surface area contributed by atoms with Gasteiger partial charge in [-0.1, -0.05) is 29.8 Å². The lowest BCUT2D eigenvalue weighted by molar-refractivity contribution is 0.0952. The van der Waals surface area contributed by atoms with Crippen LogP contribution in [-0.2, 0) is 5.75 Å². The Morgan fingerprint density at radius 3 is 2.42 bits per heavy atom. The maximum atomic E-state index is 12.2. The van der Waals surface area contributed by atoms with Gasteiger partial charge in [0.1, 0.15) is 0 Å². The molecule has 0 saturated carbocycles. The van der Waals surface area contributed by atoms with E-state index in [2.05, 4.69) is 53.5 Å². The number of aryl methyl sites for hydroxylation is 1. The highest BCUT2D eigenvalue weighted by atomic mass is 32.2. The number of nitrogens with one attached hydrogen (secondary N) is 1. The third-order valence-electron chi connectivity index (χ3n) is 4.78. The van der Waals surface area contributed by atoms with Crippen molar-refractivity contribution in [1.29, 1.82) is 0 Å². The summed E-state index contributed by atoms with van der Waals surface area (Å²) in [4.78, 5) is 16.0. The van der Waals surface area contributed by atoms with Crippen molar-refractivity contribution in [2.75, 3.05) is 26.2 Å². The Hall–Kier alpha value is -1.78. The summed E-state index contributed by atoms with van der Waals surface area (Å²) < 4.78 is 0. The summed E-state index contributed by atoms with van der Waals surface area (Å²) in [6.45, 7) is 6.38. The van der Waals surface area contributed by atoms with E-state index >= 15 is 0 Å². The van der Waals surface area contributed by atoms with Gasteiger partial charge in [0, 0.05) is 22.8 Å². The fourth-order valence-electron chi connectivity index (χ4n) is 3.17. The highest BCUT2D eigenvalue weighted by molar-refractivity contribution is 7.98. The van der Waals surface area contributed by atoms with Crippen LogP contribution in [0.5, 0.6) is 0 Å². The minimum atomic E-state index is 0.0316. The lowest BCUT2D eigenvalue weighted by atomic mass is 10.1. The summed E-state index contributed by atoms with van der Waals surface area (Å²) in [5.41, 5.74) is 3.27. The lowest BCUT2D eigenvalue weighted by Crippen LogP contribution is -2.28. The van der Waals surface area contributed by atoms with Crippen molar-refractivity contribution in [1.82, 2.24) is 10.2 Å². The quantitative estimate of drug-likeness (QED) is 0.550. The van der Waals surface area contributed by atoms with Crippen LogP contribution in [-0.4, -0.2) is 37.0 Å². The molecule has 1 fully saturated rings. The van der Waals surface area contributed by atoms with Crippen LogP contribution in [0.4, 0.5) is 0 Å². The van der Waals surface area contributed by atoms with Crippen molar-refractivity contribution >= 4 is 17.7 Å². The number of amides is 1. The number of carbonyl (C=O) groups is 1. The summed E-state index contributed by atoms with van der Waals surface area (Å²) in [5.74, 6) is 0.949. The molecule has 0 aliphatic carbocycles. The Morgan fingerprint density at radius 2 is 1.73 bits per heavy atom. The SMILES string of the molecule is Cc1ccc(SCc2ccc(C(=O)NCCCN3CCCC3)cc2)cc1. The van der Waals surface area contributed by atoms with Gasteiger partial charge in [0.25, 0.3) is 5.91 Å². The molecule has 2 aromatic carbocycles. The number of nitrogens with zero attached hydrogens (tertiary/aromatic N) is 1. The summed E-state index contributed by atoms with van der Waals surface area (Å²) >= 11 is 1.82. The average Bonchev–Trinajstić information content (AvgIpc) is 3.18. The van der Waals surface area contributed by atoms with Gasteiger partial charge in [-0.25, -0.2) is 0 Å². The molecule has 0 radical (unpaired) electrons. The number of hydrogen-bond donors (Lipinski definition) is 1. The number of rotatable bonds is 8. The lowest BCUT2D eigenvalue weighted by Gasteiger charge is -2.14. The van der Waals surface area contributed by atoms with E-state index in [-0.39, 0.29) is 5.91 Å². The van der Waals surface area contributed by atoms with Crippen molar-refractivity contribution in [3.8, 4) is 0 Å². The maximum Gasteiger partial charge on any atom is 0.251 e. The van der Waals surface area contributed by atoms with E-state index in [1.165, 1.54) is 42.0 Å². The normalized spacial score (nSPS) is 14.5. The second-order valence-corrected chi connectivity index (χ2v) is 8.01. The molecule has 1 heterocycles. The Labute approximate surface area is 161 Å². The topological polar surface area (TPSA) is 32.3 Å². The fraction of sp³-hybridized carbons (Fsp3) is 0.409. The van der Waals surface area contributed by atoms with Crippen LogP contribution in [0, 0.1) is 6.92 Å². The highest BCUT2D eigenvalue weighted by Crippen LogP contribution is 2.23. The van der Waals surface area contributed by atoms with Gasteiger partial charge in [-0.3, -0.25) is 4.79 Å². The van der Waals surface area contributed by atoms with Crippen LogP contribution >= 0.6 is 11.8 Å². The van der Waals surface area contributed by atoms with Gasteiger partial charge in [0.2, 0.25) is 0 Å². The Morgan fingerprint density at radius 1 is 1.04 bits per heavy atom. The van der Waals surface area contributed by atoms with Gasteiger partial charge in [-0.2, -0.15) is 0 Å². The van der Waals surface area contributed by atoms with Crippen molar-refractivity contribution in [3.63, 3.8) is 0 Å². The van der Waals surface area contributed by atoms with E-state index in [0.717, 1.165) is 30.8 Å². The Balaban J connectivity index is 1.39. The van der Waals surface area contributed by atoms with Crippen LogP contribution in [0.25, 0.3) is 0 Å².